The van der Waals surface area contributed by atoms with Crippen molar-refractivity contribution >= 4 is 24.2 Å². The largest absolute Gasteiger partial charge is 0.701 e. The minimum atomic E-state index is -3.84. The van der Waals surface area contributed by atoms with Crippen molar-refractivity contribution in [2.24, 2.45) is 0 Å². The molecule has 1 aromatic carbocycles. The SMILES string of the molecule is CC(C)(C)c1c(CBr)ccc(C(F)(F)O[P+](=O)O)c1C(C)(C)C. The average Bonchev–Trinajstić information content (AvgIpc) is 2.33. The van der Waals surface area contributed by atoms with Crippen molar-refractivity contribution in [1.29, 1.82) is 0 Å². The fourth-order valence-electron chi connectivity index (χ4n) is 2.78. The topological polar surface area (TPSA) is 46.5 Å². The summed E-state index contributed by atoms with van der Waals surface area (Å²) in [5.74, 6) is 0. The maximum absolute atomic E-state index is 14.4. The lowest BCUT2D eigenvalue weighted by Gasteiger charge is -2.35. The van der Waals surface area contributed by atoms with Gasteiger partial charge in [0.15, 0.2) is 0 Å². The molecule has 0 radical (unpaired) electrons. The van der Waals surface area contributed by atoms with Crippen LogP contribution in [-0.2, 0) is 31.4 Å². The van der Waals surface area contributed by atoms with Gasteiger partial charge in [-0.3, -0.25) is 0 Å². The zero-order valence-electron chi connectivity index (χ0n) is 14.2. The Hall–Kier alpha value is -0.420. The van der Waals surface area contributed by atoms with Crippen molar-refractivity contribution in [2.45, 2.75) is 63.8 Å². The van der Waals surface area contributed by atoms with Crippen LogP contribution in [-0.4, -0.2) is 4.89 Å². The summed E-state index contributed by atoms with van der Waals surface area (Å²) in [4.78, 5) is 8.77. The molecule has 0 aliphatic rings. The molecule has 0 spiro atoms. The molecule has 0 amide bonds. The molecule has 0 aliphatic heterocycles. The van der Waals surface area contributed by atoms with Crippen LogP contribution >= 0.6 is 24.2 Å². The van der Waals surface area contributed by atoms with Crippen molar-refractivity contribution in [2.75, 3.05) is 0 Å². The summed E-state index contributed by atoms with van der Waals surface area (Å²) in [6.45, 7) is 11.4. The first kappa shape index (κ1) is 20.6. The first-order valence-corrected chi connectivity index (χ1v) is 9.43. The smallest absolute Gasteiger partial charge is 0.167 e. The van der Waals surface area contributed by atoms with E-state index in [1.54, 1.807) is 6.07 Å². The molecule has 23 heavy (non-hydrogen) atoms. The van der Waals surface area contributed by atoms with Gasteiger partial charge < -0.3 is 0 Å². The summed E-state index contributed by atoms with van der Waals surface area (Å²) < 4.78 is 43.7. The minimum absolute atomic E-state index is 0.364. The summed E-state index contributed by atoms with van der Waals surface area (Å²) in [7, 11) is -3.42. The van der Waals surface area contributed by atoms with Gasteiger partial charge in [0.1, 0.15) is 0 Å². The molecule has 3 nitrogen and oxygen atoms in total. The molecule has 1 N–H and O–H groups in total. The van der Waals surface area contributed by atoms with Crippen LogP contribution in [0, 0.1) is 0 Å². The number of hydrogen-bond acceptors (Lipinski definition) is 2. The molecule has 0 saturated carbocycles. The fourth-order valence-corrected chi connectivity index (χ4v) is 3.54. The van der Waals surface area contributed by atoms with E-state index >= 15 is 0 Å². The normalized spacial score (nSPS) is 14.1. The lowest BCUT2D eigenvalue weighted by atomic mass is 9.71. The Morgan fingerprint density at radius 1 is 1.09 bits per heavy atom. The van der Waals surface area contributed by atoms with Gasteiger partial charge in [0.05, 0.1) is 5.56 Å². The Kier molecular flexibility index (Phi) is 6.12. The first-order chi connectivity index (χ1) is 10.2. The van der Waals surface area contributed by atoms with Crippen LogP contribution in [0.25, 0.3) is 0 Å². The Morgan fingerprint density at radius 3 is 1.91 bits per heavy atom. The molecule has 130 valence electrons. The molecule has 1 rings (SSSR count). The van der Waals surface area contributed by atoms with E-state index in [0.717, 1.165) is 11.1 Å². The Labute approximate surface area is 145 Å². The number of halogens is 3. The number of alkyl halides is 3. The third kappa shape index (κ3) is 4.79. The van der Waals surface area contributed by atoms with Gasteiger partial charge in [0, 0.05) is 9.90 Å². The first-order valence-electron chi connectivity index (χ1n) is 7.18. The molecule has 1 unspecified atom stereocenters. The molecule has 0 fully saturated rings. The van der Waals surface area contributed by atoms with Gasteiger partial charge in [-0.05, 0) is 38.1 Å². The highest BCUT2D eigenvalue weighted by atomic mass is 79.9. The zero-order chi connectivity index (χ0) is 18.2. The van der Waals surface area contributed by atoms with Crippen molar-refractivity contribution in [1.82, 2.24) is 0 Å². The van der Waals surface area contributed by atoms with Gasteiger partial charge >= 0.3 is 14.4 Å². The van der Waals surface area contributed by atoms with Crippen LogP contribution in [0.5, 0.6) is 0 Å². The second-order valence-corrected chi connectivity index (χ2v) is 8.72. The monoisotopic (exact) mass is 411 g/mol. The van der Waals surface area contributed by atoms with Gasteiger partial charge in [0.25, 0.3) is 0 Å². The molecule has 0 saturated heterocycles. The fraction of sp³-hybridized carbons (Fsp3) is 0.625. The van der Waals surface area contributed by atoms with Crippen LogP contribution in [0.4, 0.5) is 8.78 Å². The summed E-state index contributed by atoms with van der Waals surface area (Å²) in [5, 5.41) is 0.531. The van der Waals surface area contributed by atoms with Crippen LogP contribution in [0.1, 0.15) is 63.8 Å². The van der Waals surface area contributed by atoms with E-state index < -0.39 is 19.8 Å². The number of rotatable bonds is 4. The third-order valence-corrected chi connectivity index (χ3v) is 4.43. The zero-order valence-corrected chi connectivity index (χ0v) is 16.7. The van der Waals surface area contributed by atoms with E-state index in [9.17, 15) is 13.3 Å². The summed E-state index contributed by atoms with van der Waals surface area (Å²) >= 11 is 3.41. The van der Waals surface area contributed by atoms with Gasteiger partial charge in [-0.25, -0.2) is 0 Å². The van der Waals surface area contributed by atoms with E-state index in [0.29, 0.717) is 10.9 Å². The second-order valence-electron chi connectivity index (χ2n) is 7.50. The second kappa shape index (κ2) is 6.83. The van der Waals surface area contributed by atoms with Crippen LogP contribution in [0.2, 0.25) is 0 Å². The Bertz CT molecular complexity index is 605. The number of hydrogen-bond donors (Lipinski definition) is 1. The lowest BCUT2D eigenvalue weighted by molar-refractivity contribution is -0.186. The van der Waals surface area contributed by atoms with Crippen molar-refractivity contribution in [3.8, 4) is 0 Å². The molecular formula is C16H23BrF2O3P+. The molecular weight excluding hydrogens is 389 g/mol. The van der Waals surface area contributed by atoms with Crippen molar-refractivity contribution in [3.63, 3.8) is 0 Å². The molecule has 0 aliphatic carbocycles. The Balaban J connectivity index is 3.84. The summed E-state index contributed by atoms with van der Waals surface area (Å²) in [6, 6.07) is 2.90. The molecule has 1 aromatic rings. The third-order valence-electron chi connectivity index (χ3n) is 3.44. The van der Waals surface area contributed by atoms with Gasteiger partial charge in [-0.1, -0.05) is 63.5 Å². The molecule has 0 bridgehead atoms. The van der Waals surface area contributed by atoms with Gasteiger partial charge in [-0.15, -0.1) is 4.89 Å². The molecule has 1 atom stereocenters. The Morgan fingerprint density at radius 2 is 1.57 bits per heavy atom. The highest BCUT2D eigenvalue weighted by Crippen LogP contribution is 2.46. The summed E-state index contributed by atoms with van der Waals surface area (Å²) in [6.07, 6.45) is -3.84. The molecule has 0 heterocycles. The van der Waals surface area contributed by atoms with E-state index in [-0.39, 0.29) is 11.0 Å². The predicted octanol–water partition coefficient (Wildman–Crippen LogP) is 5.89. The van der Waals surface area contributed by atoms with E-state index in [1.165, 1.54) is 6.07 Å². The van der Waals surface area contributed by atoms with Crippen molar-refractivity contribution < 1.29 is 22.8 Å². The lowest BCUT2D eigenvalue weighted by Crippen LogP contribution is -2.29. The predicted molar refractivity (Wildman–Crippen MR) is 91.3 cm³/mol. The highest BCUT2D eigenvalue weighted by molar-refractivity contribution is 9.08. The minimum Gasteiger partial charge on any atom is -0.167 e. The van der Waals surface area contributed by atoms with Crippen LogP contribution < -0.4 is 0 Å². The van der Waals surface area contributed by atoms with Crippen LogP contribution in [0.15, 0.2) is 12.1 Å². The summed E-state index contributed by atoms with van der Waals surface area (Å²) in [5.41, 5.74) is 0.829. The molecule has 7 heteroatoms. The highest BCUT2D eigenvalue weighted by Gasteiger charge is 2.47. The maximum Gasteiger partial charge on any atom is 0.701 e. The van der Waals surface area contributed by atoms with E-state index in [1.807, 2.05) is 41.5 Å². The van der Waals surface area contributed by atoms with Gasteiger partial charge in [-0.2, -0.15) is 8.78 Å². The van der Waals surface area contributed by atoms with E-state index in [2.05, 4.69) is 20.5 Å². The van der Waals surface area contributed by atoms with Crippen LogP contribution in [0.3, 0.4) is 0 Å². The average molecular weight is 412 g/mol. The quantitative estimate of drug-likeness (QED) is 0.496. The van der Waals surface area contributed by atoms with Gasteiger partial charge in [0.2, 0.25) is 0 Å². The van der Waals surface area contributed by atoms with E-state index in [4.69, 9.17) is 4.89 Å². The molecule has 0 aromatic heterocycles. The van der Waals surface area contributed by atoms with Crippen molar-refractivity contribution in [3.05, 3.63) is 34.4 Å². The maximum atomic E-state index is 14.4. The standard InChI is InChI=1S/C16H22BrF2O3P/c1-14(2,3)12-10(9-17)7-8-11(13(12)15(4,5)6)16(18,19)22-23(20)21/h7-8H,9H2,1-6H3/p+1. The number of benzene rings is 1.